The molecule has 108 valence electrons. The summed E-state index contributed by atoms with van der Waals surface area (Å²) in [4.78, 5) is 2.94. The minimum atomic E-state index is -3.81. The van der Waals surface area contributed by atoms with E-state index in [1.54, 1.807) is 18.2 Å². The number of aromatic nitrogens is 1. The molecule has 0 saturated carbocycles. The number of sulfonamides is 1. The summed E-state index contributed by atoms with van der Waals surface area (Å²) in [7, 11) is -3.81. The van der Waals surface area contributed by atoms with E-state index in [-0.39, 0.29) is 10.6 Å². The van der Waals surface area contributed by atoms with Crippen molar-refractivity contribution in [3.63, 3.8) is 0 Å². The van der Waals surface area contributed by atoms with Gasteiger partial charge in [-0.15, -0.1) is 0 Å². The summed E-state index contributed by atoms with van der Waals surface area (Å²) in [6, 6.07) is 10.2. The number of rotatable bonds is 3. The molecule has 0 fully saturated rings. The van der Waals surface area contributed by atoms with Crippen LogP contribution in [-0.4, -0.2) is 13.4 Å². The largest absolute Gasteiger partial charge is 0.399 e. The molecule has 2 aromatic carbocycles. The van der Waals surface area contributed by atoms with Crippen LogP contribution in [0.3, 0.4) is 0 Å². The molecule has 1 heterocycles. The van der Waals surface area contributed by atoms with Crippen LogP contribution in [0.1, 0.15) is 0 Å². The van der Waals surface area contributed by atoms with E-state index in [1.165, 1.54) is 24.4 Å². The van der Waals surface area contributed by atoms with Gasteiger partial charge in [0.2, 0.25) is 0 Å². The van der Waals surface area contributed by atoms with E-state index in [0.29, 0.717) is 16.6 Å². The van der Waals surface area contributed by atoms with Crippen molar-refractivity contribution in [3.8, 4) is 0 Å². The summed E-state index contributed by atoms with van der Waals surface area (Å²) in [6.07, 6.45) is 1.38. The van der Waals surface area contributed by atoms with E-state index in [0.717, 1.165) is 6.07 Å². The highest BCUT2D eigenvalue weighted by Gasteiger charge is 2.19. The fraction of sp³-hybridized carbons (Fsp3) is 0. The number of nitrogen functional groups attached to an aromatic ring is 1. The number of fused-ring (bicyclic) bond motifs is 1. The van der Waals surface area contributed by atoms with E-state index in [4.69, 9.17) is 5.73 Å². The molecule has 0 aliphatic carbocycles. The van der Waals surface area contributed by atoms with Crippen molar-refractivity contribution in [3.05, 3.63) is 54.5 Å². The predicted molar refractivity (Wildman–Crippen MR) is 79.9 cm³/mol. The molecule has 0 aliphatic rings. The second kappa shape index (κ2) is 4.78. The molecular formula is C14H12FN3O2S. The molecule has 0 atom stereocenters. The highest BCUT2D eigenvalue weighted by molar-refractivity contribution is 7.93. The SMILES string of the molecule is Nc1ccc2c(S(=O)(=O)Nc3cccc(F)c3)c[nH]c2c1. The van der Waals surface area contributed by atoms with Crippen LogP contribution in [0.2, 0.25) is 0 Å². The van der Waals surface area contributed by atoms with Crippen molar-refractivity contribution in [1.29, 1.82) is 0 Å². The number of halogens is 1. The van der Waals surface area contributed by atoms with Gasteiger partial charge in [0.15, 0.2) is 0 Å². The fourth-order valence-electron chi connectivity index (χ4n) is 2.10. The molecule has 1 aromatic heterocycles. The summed E-state index contributed by atoms with van der Waals surface area (Å²) < 4.78 is 40.3. The Morgan fingerprint density at radius 1 is 1.14 bits per heavy atom. The van der Waals surface area contributed by atoms with E-state index < -0.39 is 15.8 Å². The minimum Gasteiger partial charge on any atom is -0.399 e. The van der Waals surface area contributed by atoms with Gasteiger partial charge in [-0.3, -0.25) is 4.72 Å². The van der Waals surface area contributed by atoms with E-state index >= 15 is 0 Å². The van der Waals surface area contributed by atoms with Crippen molar-refractivity contribution >= 4 is 32.3 Å². The van der Waals surface area contributed by atoms with Gasteiger partial charge in [-0.05, 0) is 36.4 Å². The normalized spacial score (nSPS) is 11.7. The Labute approximate surface area is 120 Å². The molecular weight excluding hydrogens is 293 g/mol. The number of nitrogens with one attached hydrogen (secondary N) is 2. The predicted octanol–water partition coefficient (Wildman–Crippen LogP) is 2.69. The maximum atomic E-state index is 13.1. The maximum Gasteiger partial charge on any atom is 0.264 e. The topological polar surface area (TPSA) is 88.0 Å². The summed E-state index contributed by atoms with van der Waals surface area (Å²) >= 11 is 0. The summed E-state index contributed by atoms with van der Waals surface area (Å²) in [5.74, 6) is -0.512. The third-order valence-corrected chi connectivity index (χ3v) is 4.46. The fourth-order valence-corrected chi connectivity index (χ4v) is 3.33. The van der Waals surface area contributed by atoms with Crippen LogP contribution >= 0.6 is 0 Å². The Balaban J connectivity index is 2.04. The Morgan fingerprint density at radius 2 is 1.95 bits per heavy atom. The molecule has 0 spiro atoms. The highest BCUT2D eigenvalue weighted by atomic mass is 32.2. The Kier molecular flexibility index (Phi) is 3.06. The van der Waals surface area contributed by atoms with Gasteiger partial charge in [-0.1, -0.05) is 6.07 Å². The van der Waals surface area contributed by atoms with Crippen molar-refractivity contribution in [2.75, 3.05) is 10.5 Å². The number of hydrogen-bond acceptors (Lipinski definition) is 3. The lowest BCUT2D eigenvalue weighted by molar-refractivity contribution is 0.602. The van der Waals surface area contributed by atoms with Gasteiger partial charge < -0.3 is 10.7 Å². The first-order valence-electron chi connectivity index (χ1n) is 6.11. The lowest BCUT2D eigenvalue weighted by Gasteiger charge is -2.07. The van der Waals surface area contributed by atoms with Crippen LogP contribution in [0.15, 0.2) is 53.6 Å². The smallest absolute Gasteiger partial charge is 0.264 e. The minimum absolute atomic E-state index is 0.0850. The second-order valence-corrected chi connectivity index (χ2v) is 6.22. The average Bonchev–Trinajstić information content (AvgIpc) is 2.81. The lowest BCUT2D eigenvalue weighted by Crippen LogP contribution is -2.12. The number of nitrogens with two attached hydrogens (primary N) is 1. The van der Waals surface area contributed by atoms with Gasteiger partial charge in [0.25, 0.3) is 10.0 Å². The van der Waals surface area contributed by atoms with Gasteiger partial charge >= 0.3 is 0 Å². The summed E-state index contributed by atoms with van der Waals surface area (Å²) in [5, 5.41) is 0.521. The monoisotopic (exact) mass is 305 g/mol. The molecule has 0 aliphatic heterocycles. The van der Waals surface area contributed by atoms with Gasteiger partial charge in [-0.2, -0.15) is 0 Å². The maximum absolute atomic E-state index is 13.1. The zero-order chi connectivity index (χ0) is 15.0. The standard InChI is InChI=1S/C14H12FN3O2S/c15-9-2-1-3-11(6-9)18-21(19,20)14-8-17-13-7-10(16)4-5-12(13)14/h1-8,17-18H,16H2. The summed E-state index contributed by atoms with van der Waals surface area (Å²) in [6.45, 7) is 0. The van der Waals surface area contributed by atoms with Crippen molar-refractivity contribution in [2.45, 2.75) is 4.90 Å². The van der Waals surface area contributed by atoms with Gasteiger partial charge in [0, 0.05) is 22.8 Å². The van der Waals surface area contributed by atoms with Gasteiger partial charge in [-0.25, -0.2) is 12.8 Å². The van der Waals surface area contributed by atoms with Crippen molar-refractivity contribution in [2.24, 2.45) is 0 Å². The van der Waals surface area contributed by atoms with E-state index in [1.807, 2.05) is 0 Å². The molecule has 0 unspecified atom stereocenters. The zero-order valence-corrected chi connectivity index (χ0v) is 11.6. The number of anilines is 2. The molecule has 0 amide bonds. The molecule has 5 nitrogen and oxygen atoms in total. The first-order chi connectivity index (χ1) is 9.95. The molecule has 3 aromatic rings. The Hall–Kier alpha value is -2.54. The quantitative estimate of drug-likeness (QED) is 0.650. The van der Waals surface area contributed by atoms with Crippen molar-refractivity contribution < 1.29 is 12.8 Å². The lowest BCUT2D eigenvalue weighted by atomic mass is 10.2. The van der Waals surface area contributed by atoms with Crippen LogP contribution in [0.5, 0.6) is 0 Å². The third kappa shape index (κ3) is 2.55. The summed E-state index contributed by atoms with van der Waals surface area (Å²) in [5.41, 5.74) is 6.98. The number of benzene rings is 2. The molecule has 0 bridgehead atoms. The van der Waals surface area contributed by atoms with Crippen LogP contribution in [0.4, 0.5) is 15.8 Å². The second-order valence-electron chi connectivity index (χ2n) is 4.57. The molecule has 4 N–H and O–H groups in total. The van der Waals surface area contributed by atoms with E-state index in [2.05, 4.69) is 9.71 Å². The first-order valence-corrected chi connectivity index (χ1v) is 7.59. The van der Waals surface area contributed by atoms with Crippen molar-refractivity contribution in [1.82, 2.24) is 4.98 Å². The Morgan fingerprint density at radius 3 is 2.71 bits per heavy atom. The number of H-pyrrole nitrogens is 1. The molecule has 0 radical (unpaired) electrons. The molecule has 7 heteroatoms. The number of aromatic amines is 1. The average molecular weight is 305 g/mol. The first kappa shape index (κ1) is 13.4. The van der Waals surface area contributed by atoms with Crippen LogP contribution in [0, 0.1) is 5.82 Å². The van der Waals surface area contributed by atoms with Crippen LogP contribution in [0.25, 0.3) is 10.9 Å². The Bertz CT molecular complexity index is 919. The molecule has 3 rings (SSSR count). The van der Waals surface area contributed by atoms with Crippen LogP contribution < -0.4 is 10.5 Å². The van der Waals surface area contributed by atoms with Gasteiger partial charge in [0.1, 0.15) is 10.7 Å². The number of hydrogen-bond donors (Lipinski definition) is 3. The zero-order valence-electron chi connectivity index (χ0n) is 10.8. The van der Waals surface area contributed by atoms with Gasteiger partial charge in [0.05, 0.1) is 5.69 Å². The van der Waals surface area contributed by atoms with E-state index in [9.17, 15) is 12.8 Å². The third-order valence-electron chi connectivity index (χ3n) is 3.03. The van der Waals surface area contributed by atoms with Crippen LogP contribution in [-0.2, 0) is 10.0 Å². The molecule has 0 saturated heterocycles. The highest BCUT2D eigenvalue weighted by Crippen LogP contribution is 2.26. The molecule has 21 heavy (non-hydrogen) atoms.